The number of guanidine groups is 1. The van der Waals surface area contributed by atoms with Gasteiger partial charge in [0.2, 0.25) is 0 Å². The van der Waals surface area contributed by atoms with E-state index in [9.17, 15) is 0 Å². The van der Waals surface area contributed by atoms with Gasteiger partial charge in [-0.15, -0.1) is 0 Å². The molecule has 2 aromatic carbocycles. The second-order valence-electron chi connectivity index (χ2n) is 6.03. The number of hydrogen-bond acceptors (Lipinski definition) is 4. The minimum atomic E-state index is 0.637. The zero-order chi connectivity index (χ0) is 18.9. The van der Waals surface area contributed by atoms with E-state index in [2.05, 4.69) is 44.8 Å². The maximum atomic E-state index is 5.34. The van der Waals surface area contributed by atoms with Crippen molar-refractivity contribution in [3.05, 3.63) is 53.6 Å². The zero-order valence-corrected chi connectivity index (χ0v) is 16.2. The molecule has 6 nitrogen and oxygen atoms in total. The molecule has 2 N–H and O–H groups in total. The van der Waals surface area contributed by atoms with E-state index < -0.39 is 0 Å². The molecule has 0 unspecified atom stereocenters. The molecule has 0 heterocycles. The number of aliphatic imine (C=N–C) groups is 1. The summed E-state index contributed by atoms with van der Waals surface area (Å²) >= 11 is 0. The van der Waals surface area contributed by atoms with Crippen molar-refractivity contribution in [2.75, 3.05) is 40.3 Å². The van der Waals surface area contributed by atoms with Crippen LogP contribution < -0.4 is 25.0 Å². The highest BCUT2D eigenvalue weighted by Gasteiger charge is 2.06. The van der Waals surface area contributed by atoms with E-state index in [1.165, 1.54) is 11.3 Å². The molecule has 0 spiro atoms. The van der Waals surface area contributed by atoms with Gasteiger partial charge in [-0.05, 0) is 35.4 Å². The Labute approximate surface area is 155 Å². The largest absolute Gasteiger partial charge is 0.493 e. The third kappa shape index (κ3) is 5.31. The summed E-state index contributed by atoms with van der Waals surface area (Å²) in [5.41, 5.74) is 3.46. The average Bonchev–Trinajstić information content (AvgIpc) is 2.68. The molecule has 2 rings (SSSR count). The quantitative estimate of drug-likeness (QED) is 0.590. The maximum absolute atomic E-state index is 5.34. The lowest BCUT2D eigenvalue weighted by atomic mass is 10.2. The fourth-order valence-electron chi connectivity index (χ4n) is 2.53. The molecule has 6 heteroatoms. The van der Waals surface area contributed by atoms with Crippen LogP contribution in [0.1, 0.15) is 11.1 Å². The molecular weight excluding hydrogens is 328 g/mol. The summed E-state index contributed by atoms with van der Waals surface area (Å²) in [5.74, 6) is 2.19. The fraction of sp³-hybridized carbons (Fsp3) is 0.350. The molecule has 0 bridgehead atoms. The Bertz CT molecular complexity index is 744. The van der Waals surface area contributed by atoms with Gasteiger partial charge >= 0.3 is 0 Å². The first-order valence-electron chi connectivity index (χ1n) is 8.49. The van der Waals surface area contributed by atoms with E-state index >= 15 is 0 Å². The summed E-state index contributed by atoms with van der Waals surface area (Å²) in [6, 6.07) is 14.3. The topological polar surface area (TPSA) is 58.1 Å². The van der Waals surface area contributed by atoms with Gasteiger partial charge in [0.1, 0.15) is 0 Å². The second kappa shape index (κ2) is 9.56. The molecule has 140 valence electrons. The van der Waals surface area contributed by atoms with Crippen LogP contribution in [0.15, 0.2) is 47.5 Å². The van der Waals surface area contributed by atoms with Crippen molar-refractivity contribution in [2.24, 2.45) is 4.99 Å². The molecule has 0 fully saturated rings. The molecule has 2 aromatic rings. The summed E-state index contributed by atoms with van der Waals surface area (Å²) in [4.78, 5) is 6.37. The molecular formula is C20H28N4O2. The van der Waals surface area contributed by atoms with Gasteiger partial charge in [-0.2, -0.15) is 0 Å². The highest BCUT2D eigenvalue weighted by atomic mass is 16.5. The summed E-state index contributed by atoms with van der Waals surface area (Å²) < 4.78 is 10.6. The van der Waals surface area contributed by atoms with Crippen molar-refractivity contribution < 1.29 is 9.47 Å². The smallest absolute Gasteiger partial charge is 0.191 e. The highest BCUT2D eigenvalue weighted by molar-refractivity contribution is 5.79. The second-order valence-corrected chi connectivity index (χ2v) is 6.03. The lowest BCUT2D eigenvalue weighted by molar-refractivity contribution is 0.354. The van der Waals surface area contributed by atoms with Crippen molar-refractivity contribution in [3.63, 3.8) is 0 Å². The Morgan fingerprint density at radius 2 is 1.58 bits per heavy atom. The van der Waals surface area contributed by atoms with Gasteiger partial charge < -0.3 is 25.0 Å². The lowest BCUT2D eigenvalue weighted by Crippen LogP contribution is -2.36. The van der Waals surface area contributed by atoms with Crippen molar-refractivity contribution in [2.45, 2.75) is 13.1 Å². The van der Waals surface area contributed by atoms with Gasteiger partial charge in [-0.25, -0.2) is 0 Å². The van der Waals surface area contributed by atoms with Gasteiger partial charge in [0, 0.05) is 39.9 Å². The summed E-state index contributed by atoms with van der Waals surface area (Å²) in [7, 11) is 9.11. The highest BCUT2D eigenvalue weighted by Crippen LogP contribution is 2.27. The van der Waals surface area contributed by atoms with E-state index in [-0.39, 0.29) is 0 Å². The summed E-state index contributed by atoms with van der Waals surface area (Å²) in [5, 5.41) is 6.65. The van der Waals surface area contributed by atoms with Gasteiger partial charge in [-0.1, -0.05) is 18.2 Å². The van der Waals surface area contributed by atoms with Crippen molar-refractivity contribution in [1.82, 2.24) is 10.6 Å². The minimum absolute atomic E-state index is 0.637. The van der Waals surface area contributed by atoms with Crippen LogP contribution in [0.25, 0.3) is 0 Å². The van der Waals surface area contributed by atoms with Crippen LogP contribution in [-0.4, -0.2) is 41.3 Å². The molecule has 0 atom stereocenters. The van der Waals surface area contributed by atoms with E-state index in [0.29, 0.717) is 13.1 Å². The number of nitrogens with one attached hydrogen (secondary N) is 2. The molecule has 0 aromatic heterocycles. The van der Waals surface area contributed by atoms with E-state index in [4.69, 9.17) is 9.47 Å². The molecule has 0 aliphatic carbocycles. The minimum Gasteiger partial charge on any atom is -0.493 e. The monoisotopic (exact) mass is 356 g/mol. The van der Waals surface area contributed by atoms with Crippen LogP contribution in [-0.2, 0) is 13.1 Å². The Hall–Kier alpha value is -2.89. The normalized spacial score (nSPS) is 11.0. The first-order chi connectivity index (χ1) is 12.6. The predicted molar refractivity (Wildman–Crippen MR) is 107 cm³/mol. The third-order valence-electron chi connectivity index (χ3n) is 4.02. The number of ether oxygens (including phenoxy) is 2. The van der Waals surface area contributed by atoms with Crippen molar-refractivity contribution in [1.29, 1.82) is 0 Å². The molecule has 0 aliphatic heterocycles. The van der Waals surface area contributed by atoms with E-state index in [1.54, 1.807) is 21.3 Å². The molecule has 0 aliphatic rings. The van der Waals surface area contributed by atoms with Gasteiger partial charge in [-0.3, -0.25) is 4.99 Å². The van der Waals surface area contributed by atoms with Gasteiger partial charge in [0.15, 0.2) is 17.5 Å². The summed E-state index contributed by atoms with van der Waals surface area (Å²) in [6.07, 6.45) is 0. The number of rotatable bonds is 7. The molecule has 0 radical (unpaired) electrons. The zero-order valence-electron chi connectivity index (χ0n) is 16.2. The van der Waals surface area contributed by atoms with Crippen LogP contribution in [0.5, 0.6) is 11.5 Å². The average molecular weight is 356 g/mol. The van der Waals surface area contributed by atoms with Gasteiger partial charge in [0.05, 0.1) is 14.2 Å². The first-order valence-corrected chi connectivity index (χ1v) is 8.49. The van der Waals surface area contributed by atoms with Crippen LogP contribution >= 0.6 is 0 Å². The first kappa shape index (κ1) is 19.4. The number of nitrogens with zero attached hydrogens (tertiary/aromatic N) is 2. The Kier molecular flexibility index (Phi) is 7.14. The molecule has 26 heavy (non-hydrogen) atoms. The number of anilines is 1. The SMILES string of the molecule is CN=C(NCc1cccc(N(C)C)c1)NCc1ccc(OC)c(OC)c1. The van der Waals surface area contributed by atoms with Crippen LogP contribution in [0, 0.1) is 0 Å². The molecule has 0 saturated heterocycles. The Morgan fingerprint density at radius 3 is 2.15 bits per heavy atom. The standard InChI is InChI=1S/C20H28N4O2/c1-21-20(22-13-15-7-6-8-17(11-15)24(2)3)23-14-16-9-10-18(25-4)19(12-16)26-5/h6-12H,13-14H2,1-5H3,(H2,21,22,23). The van der Waals surface area contributed by atoms with Gasteiger partial charge in [0.25, 0.3) is 0 Å². The molecule has 0 amide bonds. The maximum Gasteiger partial charge on any atom is 0.191 e. The predicted octanol–water partition coefficient (Wildman–Crippen LogP) is 2.64. The Balaban J connectivity index is 1.93. The number of methoxy groups -OCH3 is 2. The van der Waals surface area contributed by atoms with Crippen molar-refractivity contribution >= 4 is 11.6 Å². The third-order valence-corrected chi connectivity index (χ3v) is 4.02. The van der Waals surface area contributed by atoms with Crippen LogP contribution in [0.3, 0.4) is 0 Å². The van der Waals surface area contributed by atoms with Crippen LogP contribution in [0.4, 0.5) is 5.69 Å². The van der Waals surface area contributed by atoms with E-state index in [1.807, 2.05) is 32.3 Å². The van der Waals surface area contributed by atoms with Crippen molar-refractivity contribution in [3.8, 4) is 11.5 Å². The van der Waals surface area contributed by atoms with Crippen LogP contribution in [0.2, 0.25) is 0 Å². The lowest BCUT2D eigenvalue weighted by Gasteiger charge is -2.16. The fourth-order valence-corrected chi connectivity index (χ4v) is 2.53. The Morgan fingerprint density at radius 1 is 0.923 bits per heavy atom. The number of hydrogen-bond donors (Lipinski definition) is 2. The molecule has 0 saturated carbocycles. The van der Waals surface area contributed by atoms with E-state index in [0.717, 1.165) is 23.0 Å². The number of benzene rings is 2. The summed E-state index contributed by atoms with van der Waals surface area (Å²) in [6.45, 7) is 1.34.